The van der Waals surface area contributed by atoms with Gasteiger partial charge in [-0.25, -0.2) is 0 Å². The van der Waals surface area contributed by atoms with Gasteiger partial charge in [-0.05, 0) is 109 Å². The van der Waals surface area contributed by atoms with Crippen molar-refractivity contribution in [1.29, 1.82) is 0 Å². The normalized spacial score (nSPS) is 12.4. The van der Waals surface area contributed by atoms with Crippen LogP contribution in [0.3, 0.4) is 0 Å². The number of carbonyl (C=O) groups is 3. The summed E-state index contributed by atoms with van der Waals surface area (Å²) in [7, 11) is 0. The lowest BCUT2D eigenvalue weighted by molar-refractivity contribution is -0.167. The second-order valence-electron chi connectivity index (χ2n) is 20.6. The Morgan fingerprint density at radius 2 is 0.507 bits per heavy atom. The van der Waals surface area contributed by atoms with E-state index in [1.54, 1.807) is 0 Å². The van der Waals surface area contributed by atoms with Crippen LogP contribution in [0.4, 0.5) is 0 Å². The zero-order valence-corrected chi connectivity index (χ0v) is 47.2. The molecule has 0 N–H and O–H groups in total. The minimum Gasteiger partial charge on any atom is -0.462 e. The van der Waals surface area contributed by atoms with Crippen molar-refractivity contribution in [2.24, 2.45) is 0 Å². The maximum Gasteiger partial charge on any atom is 0.306 e. The molecular weight excluding hydrogens is 877 g/mol. The summed E-state index contributed by atoms with van der Waals surface area (Å²) in [6.45, 7) is 6.60. The second kappa shape index (κ2) is 59.7. The molecule has 6 heteroatoms. The summed E-state index contributed by atoms with van der Waals surface area (Å²) in [5.74, 6) is -0.886. The molecule has 0 aromatic heterocycles. The SMILES string of the molecule is CCCCC/C=C\C/C=C\CCCCCCCCCCCC(=O)O[C@H](COC(=O)CCCCCCC/C=C\C/C=C\CCCCC)COC(=O)CCCCCCCCCCC/C=C\CCCCCCCC. The molecule has 0 aromatic carbocycles. The van der Waals surface area contributed by atoms with Gasteiger partial charge in [0.2, 0.25) is 0 Å². The fourth-order valence-electron chi connectivity index (χ4n) is 8.79. The summed E-state index contributed by atoms with van der Waals surface area (Å²) in [6, 6.07) is 0. The molecule has 6 nitrogen and oxygen atoms in total. The van der Waals surface area contributed by atoms with Gasteiger partial charge in [-0.15, -0.1) is 0 Å². The number of hydrogen-bond donors (Lipinski definition) is 0. The van der Waals surface area contributed by atoms with Gasteiger partial charge < -0.3 is 14.2 Å². The van der Waals surface area contributed by atoms with Crippen molar-refractivity contribution in [2.45, 2.75) is 322 Å². The van der Waals surface area contributed by atoms with Crippen LogP contribution in [0.2, 0.25) is 0 Å². The topological polar surface area (TPSA) is 78.9 Å². The van der Waals surface area contributed by atoms with Crippen LogP contribution in [0.5, 0.6) is 0 Å². The average molecular weight is 994 g/mol. The van der Waals surface area contributed by atoms with Crippen molar-refractivity contribution in [3.63, 3.8) is 0 Å². The summed E-state index contributed by atoms with van der Waals surface area (Å²) in [4.78, 5) is 38.3. The van der Waals surface area contributed by atoms with Crippen LogP contribution in [0, 0.1) is 0 Å². The summed E-state index contributed by atoms with van der Waals surface area (Å²) in [5.41, 5.74) is 0. The number of rotatable bonds is 56. The van der Waals surface area contributed by atoms with Crippen molar-refractivity contribution in [1.82, 2.24) is 0 Å². The lowest BCUT2D eigenvalue weighted by Gasteiger charge is -2.18. The summed E-state index contributed by atoms with van der Waals surface area (Å²) < 4.78 is 16.9. The molecule has 1 atom stereocenters. The zero-order chi connectivity index (χ0) is 51.4. The molecule has 0 aliphatic heterocycles. The van der Waals surface area contributed by atoms with E-state index in [1.165, 1.54) is 193 Å². The molecule has 0 saturated heterocycles. The van der Waals surface area contributed by atoms with Gasteiger partial charge in [0.15, 0.2) is 6.10 Å². The fraction of sp³-hybridized carbons (Fsp3) is 0.800. The van der Waals surface area contributed by atoms with Crippen LogP contribution in [0.15, 0.2) is 60.8 Å². The molecule has 0 unspecified atom stereocenters. The van der Waals surface area contributed by atoms with Crippen LogP contribution in [0.25, 0.3) is 0 Å². The number of carbonyl (C=O) groups excluding carboxylic acids is 3. The molecular formula is C65H116O6. The summed E-state index contributed by atoms with van der Waals surface area (Å²) >= 11 is 0. The second-order valence-corrected chi connectivity index (χ2v) is 20.6. The largest absolute Gasteiger partial charge is 0.462 e. The smallest absolute Gasteiger partial charge is 0.306 e. The molecule has 0 saturated carbocycles. The summed E-state index contributed by atoms with van der Waals surface area (Å²) in [6.07, 6.45) is 74.9. The van der Waals surface area contributed by atoms with Crippen LogP contribution >= 0.6 is 0 Å². The van der Waals surface area contributed by atoms with Crippen molar-refractivity contribution < 1.29 is 28.6 Å². The molecule has 0 bridgehead atoms. The van der Waals surface area contributed by atoms with E-state index in [4.69, 9.17) is 14.2 Å². The molecule has 71 heavy (non-hydrogen) atoms. The van der Waals surface area contributed by atoms with Crippen molar-refractivity contribution >= 4 is 17.9 Å². The maximum absolute atomic E-state index is 12.9. The fourth-order valence-corrected chi connectivity index (χ4v) is 8.79. The van der Waals surface area contributed by atoms with Crippen molar-refractivity contribution in [3.05, 3.63) is 60.8 Å². The van der Waals surface area contributed by atoms with Gasteiger partial charge in [-0.2, -0.15) is 0 Å². The first-order chi connectivity index (χ1) is 35.0. The molecule has 0 aromatic rings. The molecule has 0 amide bonds. The zero-order valence-electron chi connectivity index (χ0n) is 47.2. The molecule has 0 radical (unpaired) electrons. The van der Waals surface area contributed by atoms with E-state index in [1.807, 2.05) is 0 Å². The Morgan fingerprint density at radius 3 is 0.817 bits per heavy atom. The van der Waals surface area contributed by atoms with E-state index in [0.717, 1.165) is 83.5 Å². The van der Waals surface area contributed by atoms with E-state index >= 15 is 0 Å². The third kappa shape index (κ3) is 57.9. The minimum absolute atomic E-state index is 0.0801. The minimum atomic E-state index is -0.784. The number of allylic oxidation sites excluding steroid dienone is 10. The number of ether oxygens (including phenoxy) is 3. The van der Waals surface area contributed by atoms with E-state index < -0.39 is 6.10 Å². The Labute approximate surface area is 440 Å². The first-order valence-corrected chi connectivity index (χ1v) is 30.8. The van der Waals surface area contributed by atoms with Crippen LogP contribution in [0.1, 0.15) is 316 Å². The Kier molecular flexibility index (Phi) is 57.2. The highest BCUT2D eigenvalue weighted by atomic mass is 16.6. The van der Waals surface area contributed by atoms with Gasteiger partial charge in [-0.1, -0.05) is 248 Å². The maximum atomic E-state index is 12.9. The van der Waals surface area contributed by atoms with Gasteiger partial charge in [0, 0.05) is 19.3 Å². The molecule has 0 aliphatic rings. The van der Waals surface area contributed by atoms with E-state index in [9.17, 15) is 14.4 Å². The molecule has 0 fully saturated rings. The Hall–Kier alpha value is -2.89. The van der Waals surface area contributed by atoms with Crippen molar-refractivity contribution in [3.8, 4) is 0 Å². The van der Waals surface area contributed by atoms with Crippen LogP contribution in [-0.4, -0.2) is 37.2 Å². The van der Waals surface area contributed by atoms with E-state index in [0.29, 0.717) is 19.3 Å². The third-order valence-electron chi connectivity index (χ3n) is 13.5. The summed E-state index contributed by atoms with van der Waals surface area (Å²) in [5, 5.41) is 0. The third-order valence-corrected chi connectivity index (χ3v) is 13.5. The number of hydrogen-bond acceptors (Lipinski definition) is 6. The highest BCUT2D eigenvalue weighted by Gasteiger charge is 2.19. The van der Waals surface area contributed by atoms with E-state index in [2.05, 4.69) is 81.5 Å². The monoisotopic (exact) mass is 993 g/mol. The Balaban J connectivity index is 4.38. The lowest BCUT2D eigenvalue weighted by Crippen LogP contribution is -2.30. The van der Waals surface area contributed by atoms with Gasteiger partial charge >= 0.3 is 17.9 Å². The first-order valence-electron chi connectivity index (χ1n) is 30.8. The van der Waals surface area contributed by atoms with Gasteiger partial charge in [0.1, 0.15) is 13.2 Å². The predicted octanol–water partition coefficient (Wildman–Crippen LogP) is 20.8. The number of unbranched alkanes of at least 4 members (excludes halogenated alkanes) is 35. The van der Waals surface area contributed by atoms with Crippen molar-refractivity contribution in [2.75, 3.05) is 13.2 Å². The standard InChI is InChI=1S/C65H116O6/c1-4-7-10-13-16-19-22-25-28-30-32-34-37-40-43-46-49-52-55-58-64(67)70-61-62(60-69-63(66)57-54-51-48-45-42-39-36-27-24-21-18-15-12-9-6-3)71-65(68)59-56-53-50-47-44-41-38-35-33-31-29-26-23-20-17-14-11-8-5-2/h17-18,20-21,25-29,36,62H,4-16,19,22-24,30-35,37-61H2,1-3H3/b20-17-,21-18-,28-25-,29-26-,36-27-/t62-/m1/s1. The number of esters is 3. The first kappa shape index (κ1) is 68.1. The molecule has 0 heterocycles. The molecule has 0 rings (SSSR count). The average Bonchev–Trinajstić information content (AvgIpc) is 3.37. The predicted molar refractivity (Wildman–Crippen MR) is 307 cm³/mol. The van der Waals surface area contributed by atoms with Crippen LogP contribution in [-0.2, 0) is 28.6 Å². The quantitative estimate of drug-likeness (QED) is 0.0261. The lowest BCUT2D eigenvalue weighted by atomic mass is 10.1. The van der Waals surface area contributed by atoms with Gasteiger partial charge in [-0.3, -0.25) is 14.4 Å². The van der Waals surface area contributed by atoms with Crippen LogP contribution < -0.4 is 0 Å². The molecule has 412 valence electrons. The molecule has 0 aliphatic carbocycles. The molecule has 0 spiro atoms. The Morgan fingerprint density at radius 1 is 0.282 bits per heavy atom. The van der Waals surface area contributed by atoms with Gasteiger partial charge in [0.25, 0.3) is 0 Å². The van der Waals surface area contributed by atoms with Gasteiger partial charge in [0.05, 0.1) is 0 Å². The van der Waals surface area contributed by atoms with E-state index in [-0.39, 0.29) is 31.1 Å². The highest BCUT2D eigenvalue weighted by molar-refractivity contribution is 5.71. The highest BCUT2D eigenvalue weighted by Crippen LogP contribution is 2.16. The Bertz CT molecular complexity index is 1280.